The van der Waals surface area contributed by atoms with Crippen molar-refractivity contribution in [2.45, 2.75) is 79.1 Å². The van der Waals surface area contributed by atoms with Gasteiger partial charge in [0.05, 0.1) is 5.75 Å². The van der Waals surface area contributed by atoms with E-state index in [0.29, 0.717) is 12.0 Å². The Labute approximate surface area is 186 Å². The Morgan fingerprint density at radius 2 is 1.55 bits per heavy atom. The van der Waals surface area contributed by atoms with Crippen molar-refractivity contribution in [2.75, 3.05) is 5.75 Å². The van der Waals surface area contributed by atoms with Gasteiger partial charge in [0.2, 0.25) is 0 Å². The number of ketones is 1. The summed E-state index contributed by atoms with van der Waals surface area (Å²) in [5.41, 5.74) is 0.872. The predicted molar refractivity (Wildman–Crippen MR) is 124 cm³/mol. The lowest BCUT2D eigenvalue weighted by molar-refractivity contribution is -0.125. The van der Waals surface area contributed by atoms with Crippen molar-refractivity contribution in [3.63, 3.8) is 0 Å². The fraction of sp³-hybridized carbons (Fsp3) is 0.640. The van der Waals surface area contributed by atoms with E-state index >= 15 is 0 Å². The number of aromatic hydroxyl groups is 1. The smallest absolute Gasteiger partial charge is 0.265 e. The second-order valence-electron chi connectivity index (χ2n) is 12.0. The van der Waals surface area contributed by atoms with Gasteiger partial charge in [-0.2, -0.15) is 8.42 Å². The van der Waals surface area contributed by atoms with Gasteiger partial charge in [0.15, 0.2) is 5.78 Å². The van der Waals surface area contributed by atoms with Crippen LogP contribution in [-0.4, -0.2) is 29.6 Å². The lowest BCUT2D eigenvalue weighted by Crippen LogP contribution is -2.40. The Morgan fingerprint density at radius 1 is 1.06 bits per heavy atom. The molecule has 0 radical (unpaired) electrons. The van der Waals surface area contributed by atoms with Gasteiger partial charge in [-0.25, -0.2) is 0 Å². The number of rotatable bonds is 3. The van der Waals surface area contributed by atoms with E-state index in [-0.39, 0.29) is 28.3 Å². The fourth-order valence-electron chi connectivity index (χ4n) is 5.64. The molecule has 6 heteroatoms. The summed E-state index contributed by atoms with van der Waals surface area (Å²) in [5, 5.41) is 11.0. The summed E-state index contributed by atoms with van der Waals surface area (Å²) in [6.45, 7) is 15.9. The first-order valence-electron chi connectivity index (χ1n) is 10.9. The Morgan fingerprint density at radius 3 is 1.97 bits per heavy atom. The molecule has 0 aromatic heterocycles. The number of hydrogen-bond acceptors (Lipinski definition) is 4. The quantitative estimate of drug-likeness (QED) is 0.486. The molecule has 3 rings (SSSR count). The number of hydrogen-bond donors (Lipinski definition) is 2. The van der Waals surface area contributed by atoms with E-state index in [1.807, 2.05) is 73.6 Å². The summed E-state index contributed by atoms with van der Waals surface area (Å²) in [7, 11) is -4.22. The summed E-state index contributed by atoms with van der Waals surface area (Å²) < 4.78 is 33.1. The van der Waals surface area contributed by atoms with Crippen molar-refractivity contribution >= 4 is 22.0 Å². The molecule has 5 nitrogen and oxygen atoms in total. The highest BCUT2D eigenvalue weighted by Crippen LogP contribution is 2.66. The van der Waals surface area contributed by atoms with Gasteiger partial charge in [0.1, 0.15) is 5.75 Å². The van der Waals surface area contributed by atoms with Crippen LogP contribution in [0.25, 0.3) is 6.08 Å². The van der Waals surface area contributed by atoms with E-state index in [1.165, 1.54) is 0 Å². The average molecular weight is 449 g/mol. The molecule has 0 heterocycles. The standard InChI is InChI=1S/C25H36O5S/c1-22(2,3)18-12-15(13-19(20(18)26)23(4,5)6)11-16-17-9-10-24(7,21(16)27)25(17,8)14-31(28,29)30/h11-13,17,26H,9-10,14H2,1-8H3,(H,28,29,30)/b16-11+. The van der Waals surface area contributed by atoms with Gasteiger partial charge < -0.3 is 5.11 Å². The number of phenolic OH excluding ortho intramolecular Hbond substituents is 1. The van der Waals surface area contributed by atoms with E-state index in [0.717, 1.165) is 23.1 Å². The van der Waals surface area contributed by atoms with Crippen LogP contribution >= 0.6 is 0 Å². The van der Waals surface area contributed by atoms with Crippen molar-refractivity contribution in [3.05, 3.63) is 34.4 Å². The Balaban J connectivity index is 2.20. The first-order chi connectivity index (χ1) is 13.8. The molecule has 2 aliphatic carbocycles. The van der Waals surface area contributed by atoms with Gasteiger partial charge in [-0.1, -0.05) is 55.4 Å². The van der Waals surface area contributed by atoms with Gasteiger partial charge in [-0.05, 0) is 53.4 Å². The highest BCUT2D eigenvalue weighted by Gasteiger charge is 2.67. The number of benzene rings is 1. The molecule has 0 aliphatic heterocycles. The molecular weight excluding hydrogens is 412 g/mol. The van der Waals surface area contributed by atoms with Crippen molar-refractivity contribution in [2.24, 2.45) is 16.7 Å². The van der Waals surface area contributed by atoms with Crippen molar-refractivity contribution in [1.29, 1.82) is 0 Å². The number of carbonyl (C=O) groups excluding carboxylic acids is 1. The maximum absolute atomic E-state index is 13.4. The molecule has 2 aliphatic rings. The van der Waals surface area contributed by atoms with Crippen LogP contribution in [0, 0.1) is 16.7 Å². The summed E-state index contributed by atoms with van der Waals surface area (Å²) in [6.07, 6.45) is 3.22. The largest absolute Gasteiger partial charge is 0.507 e. The maximum Gasteiger partial charge on any atom is 0.265 e. The minimum atomic E-state index is -4.22. The molecule has 0 saturated heterocycles. The number of allylic oxidation sites excluding steroid dienone is 1. The van der Waals surface area contributed by atoms with Gasteiger partial charge in [-0.3, -0.25) is 9.35 Å². The summed E-state index contributed by atoms with van der Waals surface area (Å²) in [6, 6.07) is 3.86. The predicted octanol–water partition coefficient (Wildman–Crippen LogP) is 5.26. The number of carbonyl (C=O) groups is 1. The van der Waals surface area contributed by atoms with Crippen molar-refractivity contribution in [1.82, 2.24) is 0 Å². The van der Waals surface area contributed by atoms with Crippen molar-refractivity contribution in [3.8, 4) is 5.75 Å². The second kappa shape index (κ2) is 6.92. The zero-order valence-electron chi connectivity index (χ0n) is 20.0. The van der Waals surface area contributed by atoms with E-state index in [9.17, 15) is 22.9 Å². The molecule has 1 aromatic carbocycles. The maximum atomic E-state index is 13.4. The molecular formula is C25H36O5S. The fourth-order valence-corrected chi connectivity index (χ4v) is 6.92. The van der Waals surface area contributed by atoms with Crippen LogP contribution in [0.3, 0.4) is 0 Å². The average Bonchev–Trinajstić information content (AvgIpc) is 2.87. The van der Waals surface area contributed by atoms with Crippen LogP contribution in [0.4, 0.5) is 0 Å². The number of fused-ring (bicyclic) bond motifs is 2. The molecule has 172 valence electrons. The molecule has 2 bridgehead atoms. The van der Waals surface area contributed by atoms with Crippen LogP contribution in [0.5, 0.6) is 5.75 Å². The van der Waals surface area contributed by atoms with Gasteiger partial charge in [-0.15, -0.1) is 0 Å². The monoisotopic (exact) mass is 448 g/mol. The SMILES string of the molecule is CC(C)(C)c1cc(/C=C2/C(=O)C3(C)CCC2C3(C)CS(=O)(=O)O)cc(C(C)(C)C)c1O. The zero-order chi connectivity index (χ0) is 23.8. The lowest BCUT2D eigenvalue weighted by Gasteiger charge is -2.34. The van der Waals surface area contributed by atoms with Crippen LogP contribution < -0.4 is 0 Å². The van der Waals surface area contributed by atoms with Crippen molar-refractivity contribution < 1.29 is 22.9 Å². The topological polar surface area (TPSA) is 91.7 Å². The van der Waals surface area contributed by atoms with Crippen LogP contribution in [0.15, 0.2) is 17.7 Å². The molecule has 31 heavy (non-hydrogen) atoms. The highest BCUT2D eigenvalue weighted by molar-refractivity contribution is 7.85. The Hall–Kier alpha value is -1.66. The van der Waals surface area contributed by atoms with Crippen LogP contribution in [-0.2, 0) is 25.7 Å². The normalized spacial score (nSPS) is 30.4. The zero-order valence-corrected chi connectivity index (χ0v) is 20.8. The first kappa shape index (κ1) is 24.0. The molecule has 1 aromatic rings. The minimum Gasteiger partial charge on any atom is -0.507 e. The molecule has 2 saturated carbocycles. The number of Topliss-reactive ketones (excluding diaryl/α,β-unsaturated/α-hetero) is 1. The Kier molecular flexibility index (Phi) is 5.35. The second-order valence-corrected chi connectivity index (χ2v) is 13.4. The summed E-state index contributed by atoms with van der Waals surface area (Å²) in [5.74, 6) is -0.389. The van der Waals surface area contributed by atoms with Gasteiger partial charge in [0, 0.05) is 27.5 Å². The van der Waals surface area contributed by atoms with Crippen LogP contribution in [0.2, 0.25) is 0 Å². The highest BCUT2D eigenvalue weighted by atomic mass is 32.2. The summed E-state index contributed by atoms with van der Waals surface area (Å²) in [4.78, 5) is 13.4. The van der Waals surface area contributed by atoms with E-state index in [4.69, 9.17) is 0 Å². The number of phenols is 1. The third kappa shape index (κ3) is 3.86. The van der Waals surface area contributed by atoms with E-state index in [2.05, 4.69) is 0 Å². The van der Waals surface area contributed by atoms with E-state index < -0.39 is 26.7 Å². The first-order valence-corrected chi connectivity index (χ1v) is 12.5. The molecule has 3 atom stereocenters. The molecule has 3 unspecified atom stereocenters. The molecule has 0 amide bonds. The molecule has 2 N–H and O–H groups in total. The Bertz CT molecular complexity index is 1030. The van der Waals surface area contributed by atoms with Gasteiger partial charge >= 0.3 is 0 Å². The third-order valence-corrected chi connectivity index (χ3v) is 8.62. The minimum absolute atomic E-state index is 0.0300. The summed E-state index contributed by atoms with van der Waals surface area (Å²) >= 11 is 0. The van der Waals surface area contributed by atoms with E-state index in [1.54, 1.807) is 0 Å². The van der Waals surface area contributed by atoms with Gasteiger partial charge in [0.25, 0.3) is 10.1 Å². The molecule has 0 spiro atoms. The third-order valence-electron chi connectivity index (χ3n) is 7.65. The van der Waals surface area contributed by atoms with Crippen LogP contribution in [0.1, 0.15) is 84.9 Å². The molecule has 2 fully saturated rings. The lowest BCUT2D eigenvalue weighted by atomic mass is 9.70.